The topological polar surface area (TPSA) is 101 Å². The first kappa shape index (κ1) is 38.6. The molecule has 58 heavy (non-hydrogen) atoms. The maximum atomic E-state index is 15.1. The van der Waals surface area contributed by atoms with Crippen molar-refractivity contribution < 1.29 is 55.4 Å². The van der Waals surface area contributed by atoms with Gasteiger partial charge in [-0.3, -0.25) is 19.2 Å². The van der Waals surface area contributed by atoms with E-state index in [2.05, 4.69) is 0 Å². The van der Waals surface area contributed by atoms with Gasteiger partial charge in [0.25, 0.3) is 0 Å². The Bertz CT molecular complexity index is 2420. The Labute approximate surface area is 327 Å². The monoisotopic (exact) mass is 797 g/mol. The highest BCUT2D eigenvalue weighted by molar-refractivity contribution is 6.31. The molecule has 6 atom stereocenters. The van der Waals surface area contributed by atoms with Gasteiger partial charge in [0.2, 0.25) is 11.8 Å². The van der Waals surface area contributed by atoms with Gasteiger partial charge in [0, 0.05) is 17.4 Å². The number of carbonyl (C=O) groups excluding carboxylic acids is 4. The molecule has 0 aromatic heterocycles. The van der Waals surface area contributed by atoms with E-state index in [1.54, 1.807) is 91.0 Å². The number of Topliss-reactive ketones (excluding diaryl/α,β-unsaturated/α-hetero) is 1. The van der Waals surface area contributed by atoms with Crippen molar-refractivity contribution >= 4 is 40.7 Å². The van der Waals surface area contributed by atoms with Gasteiger partial charge in [-0.05, 0) is 71.9 Å². The molecule has 0 spiro atoms. The van der Waals surface area contributed by atoms with Crippen molar-refractivity contribution in [3.05, 3.63) is 149 Å². The molecule has 1 N–H and O–H groups in total. The number of phenolic OH excluding ortho intramolecular Hbond substituents is 1. The second kappa shape index (κ2) is 14.0. The molecule has 3 aliphatic carbocycles. The van der Waals surface area contributed by atoms with Gasteiger partial charge < -0.3 is 9.84 Å². The summed E-state index contributed by atoms with van der Waals surface area (Å²) < 4.78 is 88.9. The fraction of sp³-hybridized carbons (Fsp3) is 0.244. The maximum Gasteiger partial charge on any atom is 0.416 e. The van der Waals surface area contributed by atoms with Crippen molar-refractivity contribution in [3.63, 3.8) is 0 Å². The molecule has 4 aromatic carbocycles. The molecule has 1 saturated carbocycles. The van der Waals surface area contributed by atoms with Crippen molar-refractivity contribution in [1.29, 1.82) is 0 Å². The molecule has 6 unspecified atom stereocenters. The first-order valence-electron chi connectivity index (χ1n) is 18.4. The zero-order chi connectivity index (χ0) is 41.3. The molecule has 1 heterocycles. The molecule has 296 valence electrons. The highest BCUT2D eigenvalue weighted by Crippen LogP contribution is 2.61. The van der Waals surface area contributed by atoms with E-state index in [1.807, 2.05) is 0 Å². The molecular weight excluding hydrogens is 764 g/mol. The minimum Gasteiger partial charge on any atom is -0.504 e. The Hall–Kier alpha value is -6.24. The molecule has 2 amide bonds. The predicted octanol–water partition coefficient (Wildman–Crippen LogP) is 9.01. The Balaban J connectivity index is 1.31. The zero-order valence-electron chi connectivity index (χ0n) is 30.6. The highest BCUT2D eigenvalue weighted by Gasteiger charge is 2.65. The average Bonchev–Trinajstić information content (AvgIpc) is 3.46. The summed E-state index contributed by atoms with van der Waals surface area (Å²) in [6, 6.07) is 22.5. The minimum atomic E-state index is -5.23. The van der Waals surface area contributed by atoms with Crippen LogP contribution in [0.1, 0.15) is 40.7 Å². The van der Waals surface area contributed by atoms with Crippen LogP contribution in [0.4, 0.5) is 32.0 Å². The number of halogens is 6. The molecule has 7 nitrogen and oxygen atoms in total. The van der Waals surface area contributed by atoms with Crippen molar-refractivity contribution in [2.75, 3.05) is 12.0 Å². The van der Waals surface area contributed by atoms with Crippen LogP contribution < -0.4 is 9.64 Å². The van der Waals surface area contributed by atoms with E-state index in [4.69, 9.17) is 4.74 Å². The van der Waals surface area contributed by atoms with E-state index < -0.39 is 81.8 Å². The smallest absolute Gasteiger partial charge is 0.416 e. The van der Waals surface area contributed by atoms with Crippen LogP contribution in [-0.2, 0) is 36.9 Å². The van der Waals surface area contributed by atoms with Crippen molar-refractivity contribution in [1.82, 2.24) is 0 Å². The lowest BCUT2D eigenvalue weighted by Crippen LogP contribution is -2.59. The number of hydrogen-bond donors (Lipinski definition) is 1. The van der Waals surface area contributed by atoms with E-state index in [9.17, 15) is 41.0 Å². The lowest BCUT2D eigenvalue weighted by atomic mass is 9.45. The molecule has 2 fully saturated rings. The van der Waals surface area contributed by atoms with Crippen molar-refractivity contribution in [2.24, 2.45) is 29.6 Å². The second-order valence-electron chi connectivity index (χ2n) is 14.9. The minimum absolute atomic E-state index is 0.0737. The number of allylic oxidation sites excluding steroid dienone is 5. The molecule has 1 saturated heterocycles. The summed E-state index contributed by atoms with van der Waals surface area (Å²) in [5.41, 5.74) is -3.58. The molecule has 1 aliphatic heterocycles. The quantitative estimate of drug-likeness (QED) is 0.119. The van der Waals surface area contributed by atoms with Gasteiger partial charge >= 0.3 is 12.4 Å². The Morgan fingerprint density at radius 2 is 1.43 bits per heavy atom. The van der Waals surface area contributed by atoms with E-state index >= 15 is 9.59 Å². The van der Waals surface area contributed by atoms with Crippen LogP contribution in [-0.4, -0.2) is 35.6 Å². The van der Waals surface area contributed by atoms with Gasteiger partial charge in [0.15, 0.2) is 23.1 Å². The van der Waals surface area contributed by atoms with Crippen LogP contribution in [0.5, 0.6) is 11.5 Å². The van der Waals surface area contributed by atoms with Crippen molar-refractivity contribution in [3.8, 4) is 11.5 Å². The summed E-state index contributed by atoms with van der Waals surface area (Å²) in [7, 11) is 1.38. The summed E-state index contributed by atoms with van der Waals surface area (Å²) in [5, 5.41) is 10.3. The Morgan fingerprint density at radius 1 is 0.793 bits per heavy atom. The van der Waals surface area contributed by atoms with Gasteiger partial charge in [-0.15, -0.1) is 0 Å². The van der Waals surface area contributed by atoms with E-state index in [1.165, 1.54) is 19.3 Å². The number of phenols is 1. The molecular formula is C45H33F6NO6. The fourth-order valence-corrected chi connectivity index (χ4v) is 9.45. The van der Waals surface area contributed by atoms with Crippen LogP contribution in [0, 0.1) is 29.6 Å². The van der Waals surface area contributed by atoms with Crippen LogP contribution in [0.2, 0.25) is 0 Å². The van der Waals surface area contributed by atoms with Crippen LogP contribution in [0.3, 0.4) is 0 Å². The standard InChI is InChI=1S/C45H33F6NO6/c1-58-37-18-24(13-17-36(37)53)12-16-34-30-14-15-31-39(42(57)52(41(31)56)29-20-27(44(46,47)48)19-28(21-29)45(49,50)51)33(30)22-35-40(55)32(25-8-4-2-5-9-25)23-38(54)43(34,35)26-10-6-3-7-11-26/h2-14,16-21,23,31,33-35,39,53H,15,22H2,1H3. The molecule has 4 aromatic rings. The van der Waals surface area contributed by atoms with Crippen LogP contribution in [0.15, 0.2) is 121 Å². The summed E-state index contributed by atoms with van der Waals surface area (Å²) in [6.45, 7) is 0. The number of ether oxygens (including phenoxy) is 1. The fourth-order valence-electron chi connectivity index (χ4n) is 9.45. The lowest BCUT2D eigenvalue weighted by molar-refractivity contribution is -0.143. The summed E-state index contributed by atoms with van der Waals surface area (Å²) in [5.74, 6) is -8.14. The number of aromatic hydroxyl groups is 1. The largest absolute Gasteiger partial charge is 0.504 e. The molecule has 4 aliphatic rings. The number of anilines is 1. The number of alkyl halides is 6. The van der Waals surface area contributed by atoms with Crippen molar-refractivity contribution in [2.45, 2.75) is 30.6 Å². The molecule has 13 heteroatoms. The van der Waals surface area contributed by atoms with E-state index in [0.717, 1.165) is 0 Å². The van der Waals surface area contributed by atoms with Gasteiger partial charge in [0.1, 0.15) is 0 Å². The predicted molar refractivity (Wildman–Crippen MR) is 200 cm³/mol. The number of hydrogen-bond acceptors (Lipinski definition) is 6. The Kier molecular flexibility index (Phi) is 9.32. The summed E-state index contributed by atoms with van der Waals surface area (Å²) in [6.07, 6.45) is -4.21. The summed E-state index contributed by atoms with van der Waals surface area (Å²) in [4.78, 5) is 59.1. The molecule has 0 bridgehead atoms. The number of fused-ring (bicyclic) bond motifs is 4. The van der Waals surface area contributed by atoms with Crippen LogP contribution in [0.25, 0.3) is 11.6 Å². The maximum absolute atomic E-state index is 15.1. The number of nitrogens with zero attached hydrogens (tertiary/aromatic N) is 1. The Morgan fingerprint density at radius 3 is 2.05 bits per heavy atom. The number of rotatable bonds is 6. The molecule has 8 rings (SSSR count). The van der Waals surface area contributed by atoms with E-state index in [-0.39, 0.29) is 41.8 Å². The number of benzene rings is 4. The average molecular weight is 798 g/mol. The van der Waals surface area contributed by atoms with Gasteiger partial charge in [0.05, 0.1) is 41.2 Å². The molecule has 0 radical (unpaired) electrons. The summed E-state index contributed by atoms with van der Waals surface area (Å²) >= 11 is 0. The van der Waals surface area contributed by atoms with Gasteiger partial charge in [-0.25, -0.2) is 4.90 Å². The van der Waals surface area contributed by atoms with Gasteiger partial charge in [-0.2, -0.15) is 26.3 Å². The van der Waals surface area contributed by atoms with E-state index in [0.29, 0.717) is 39.3 Å². The van der Waals surface area contributed by atoms with Gasteiger partial charge in [-0.1, -0.05) is 90.5 Å². The highest BCUT2D eigenvalue weighted by atomic mass is 19.4. The lowest BCUT2D eigenvalue weighted by Gasteiger charge is -2.54. The number of imide groups is 1. The zero-order valence-corrected chi connectivity index (χ0v) is 30.6. The first-order valence-corrected chi connectivity index (χ1v) is 18.4. The third-order valence-corrected chi connectivity index (χ3v) is 12.0. The third kappa shape index (κ3) is 6.14. The normalized spacial score (nSPS) is 25.9. The number of carbonyl (C=O) groups is 4. The number of amides is 2. The first-order chi connectivity index (χ1) is 27.5. The van der Waals surface area contributed by atoms with Crippen LogP contribution >= 0.6 is 0 Å². The number of ketones is 2. The third-order valence-electron chi connectivity index (χ3n) is 12.0. The number of methoxy groups -OCH3 is 1. The SMILES string of the molecule is COc1cc(C=CC2C3=CCC4C(=O)N(c5cc(C(F)(F)F)cc(C(F)(F)F)c5)C(=O)C4C3CC3C(=O)C(c4ccccc4)=CC(=O)C23c2ccccc2)ccc1O. The second-order valence-corrected chi connectivity index (χ2v) is 14.9.